The van der Waals surface area contributed by atoms with Gasteiger partial charge < -0.3 is 15.2 Å². The molecule has 0 saturated carbocycles. The Morgan fingerprint density at radius 3 is 2.00 bits per heavy atom. The minimum Gasteiger partial charge on any atom is -0.448 e. The monoisotopic (exact) mass is 467 g/mol. The molecule has 0 aliphatic heterocycles. The van der Waals surface area contributed by atoms with E-state index in [2.05, 4.69) is 0 Å². The Balaban J connectivity index is 1.84. The molecule has 0 heterocycles. The Bertz CT molecular complexity index is 1000. The van der Waals surface area contributed by atoms with Gasteiger partial charge in [0.25, 0.3) is 0 Å². The van der Waals surface area contributed by atoms with E-state index in [4.69, 9.17) is 15.2 Å². The minimum atomic E-state index is -1.56. The Kier molecular flexibility index (Phi) is 7.94. The highest BCUT2D eigenvalue weighted by Crippen LogP contribution is 2.44. The Hall–Kier alpha value is -3.39. The molecule has 2 amide bonds. The van der Waals surface area contributed by atoms with E-state index >= 15 is 0 Å². The summed E-state index contributed by atoms with van der Waals surface area (Å²) in [4.78, 5) is 38.4. The minimum absolute atomic E-state index is 0.0109. The van der Waals surface area contributed by atoms with Gasteiger partial charge in [0.1, 0.15) is 18.2 Å². The van der Waals surface area contributed by atoms with E-state index in [1.54, 1.807) is 20.8 Å². The second kappa shape index (κ2) is 10.7. The second-order valence-corrected chi connectivity index (χ2v) is 9.27. The summed E-state index contributed by atoms with van der Waals surface area (Å²) in [7, 11) is 0. The third-order valence-corrected chi connectivity index (χ3v) is 5.64. The SMILES string of the molecule is CC(C)(C)OC(=O)N(C(=O)OCC1c2ccccc2-c2ccccc21)[C@@H](CCCCN)C([O])=O. The number of imide groups is 1. The first kappa shape index (κ1) is 25.2. The van der Waals surface area contributed by atoms with Crippen LogP contribution < -0.4 is 5.73 Å². The predicted molar refractivity (Wildman–Crippen MR) is 126 cm³/mol. The van der Waals surface area contributed by atoms with Gasteiger partial charge in [0.15, 0.2) is 0 Å². The number of fused-ring (bicyclic) bond motifs is 3. The van der Waals surface area contributed by atoms with Crippen LogP contribution >= 0.6 is 0 Å². The standard InChI is InChI=1S/C26H31N2O6/c1-26(2,3)34-25(32)28(22(23(29)30)14-8-9-15-27)24(31)33-16-21-19-12-6-4-10-17(19)18-11-5-7-13-20(18)21/h4-7,10-13,21-22H,8-9,14-16,27H2,1-3H3/t22-/m0/s1. The molecule has 0 aromatic heterocycles. The maximum absolute atomic E-state index is 13.1. The molecular weight excluding hydrogens is 436 g/mol. The van der Waals surface area contributed by atoms with Gasteiger partial charge in [-0.25, -0.2) is 19.5 Å². The van der Waals surface area contributed by atoms with Crippen LogP contribution in [0.2, 0.25) is 0 Å². The summed E-state index contributed by atoms with van der Waals surface area (Å²) in [5.41, 5.74) is 8.67. The van der Waals surface area contributed by atoms with E-state index in [1.807, 2.05) is 48.5 Å². The zero-order chi connectivity index (χ0) is 24.9. The number of hydrogen-bond donors (Lipinski definition) is 1. The van der Waals surface area contributed by atoms with Crippen molar-refractivity contribution in [2.75, 3.05) is 13.2 Å². The fourth-order valence-electron chi connectivity index (χ4n) is 4.14. The molecule has 1 aliphatic rings. The molecule has 0 unspecified atom stereocenters. The molecule has 2 aromatic rings. The molecule has 0 bridgehead atoms. The molecule has 8 heteroatoms. The topological polar surface area (TPSA) is 119 Å². The zero-order valence-corrected chi connectivity index (χ0v) is 19.8. The van der Waals surface area contributed by atoms with Gasteiger partial charge >= 0.3 is 18.2 Å². The van der Waals surface area contributed by atoms with Crippen LogP contribution in [-0.2, 0) is 19.4 Å². The van der Waals surface area contributed by atoms with Gasteiger partial charge in [0, 0.05) is 5.92 Å². The molecule has 0 fully saturated rings. The largest absolute Gasteiger partial charge is 0.448 e. The zero-order valence-electron chi connectivity index (χ0n) is 19.8. The van der Waals surface area contributed by atoms with Gasteiger partial charge in [-0.3, -0.25) is 0 Å². The summed E-state index contributed by atoms with van der Waals surface area (Å²) in [5.74, 6) is -1.80. The number of ether oxygens (including phenoxy) is 2. The van der Waals surface area contributed by atoms with E-state index in [9.17, 15) is 19.5 Å². The normalized spacial score (nSPS) is 13.5. The lowest BCUT2D eigenvalue weighted by Crippen LogP contribution is -2.50. The number of rotatable bonds is 8. The van der Waals surface area contributed by atoms with Crippen molar-refractivity contribution in [3.8, 4) is 11.1 Å². The number of carbonyl (C=O) groups is 3. The van der Waals surface area contributed by atoms with E-state index in [0.717, 1.165) is 22.3 Å². The van der Waals surface area contributed by atoms with Gasteiger partial charge in [-0.2, -0.15) is 4.90 Å². The number of nitrogens with zero attached hydrogens (tertiary/aromatic N) is 1. The first-order chi connectivity index (χ1) is 16.1. The Morgan fingerprint density at radius 2 is 1.50 bits per heavy atom. The lowest BCUT2D eigenvalue weighted by molar-refractivity contribution is -0.149. The summed E-state index contributed by atoms with van der Waals surface area (Å²) in [6.07, 6.45) is -1.25. The predicted octanol–water partition coefficient (Wildman–Crippen LogP) is 4.63. The quantitative estimate of drug-likeness (QED) is 0.566. The molecule has 8 nitrogen and oxygen atoms in total. The average Bonchev–Trinajstić information content (AvgIpc) is 3.09. The molecule has 2 N–H and O–H groups in total. The molecule has 1 radical (unpaired) electrons. The number of carbonyl (C=O) groups excluding carboxylic acids is 3. The fourth-order valence-corrected chi connectivity index (χ4v) is 4.14. The first-order valence-electron chi connectivity index (χ1n) is 11.4. The summed E-state index contributed by atoms with van der Waals surface area (Å²) in [6, 6.07) is 14.1. The first-order valence-corrected chi connectivity index (χ1v) is 11.4. The van der Waals surface area contributed by atoms with Gasteiger partial charge in [0.2, 0.25) is 0 Å². The molecule has 1 aliphatic carbocycles. The van der Waals surface area contributed by atoms with Crippen LogP contribution in [-0.4, -0.2) is 47.9 Å². The van der Waals surface area contributed by atoms with Crippen LogP contribution in [0.3, 0.4) is 0 Å². The van der Waals surface area contributed by atoms with E-state index in [0.29, 0.717) is 24.3 Å². The third-order valence-electron chi connectivity index (χ3n) is 5.64. The summed E-state index contributed by atoms with van der Waals surface area (Å²) >= 11 is 0. The number of hydrogen-bond acceptors (Lipinski definition) is 6. The maximum atomic E-state index is 13.1. The Morgan fingerprint density at radius 1 is 0.941 bits per heavy atom. The van der Waals surface area contributed by atoms with E-state index < -0.39 is 29.8 Å². The van der Waals surface area contributed by atoms with Crippen LogP contribution in [0.25, 0.3) is 11.1 Å². The third kappa shape index (κ3) is 5.75. The molecule has 3 rings (SSSR count). The van der Waals surface area contributed by atoms with Crippen molar-refractivity contribution in [1.29, 1.82) is 0 Å². The van der Waals surface area contributed by atoms with Crippen LogP contribution in [0.1, 0.15) is 57.1 Å². The van der Waals surface area contributed by atoms with Gasteiger partial charge in [0.05, 0.1) is 0 Å². The number of amides is 2. The van der Waals surface area contributed by atoms with Gasteiger partial charge in [-0.15, -0.1) is 0 Å². The molecule has 2 aromatic carbocycles. The molecule has 34 heavy (non-hydrogen) atoms. The van der Waals surface area contributed by atoms with E-state index in [1.165, 1.54) is 0 Å². The van der Waals surface area contributed by atoms with Crippen LogP contribution in [0.4, 0.5) is 9.59 Å². The highest BCUT2D eigenvalue weighted by molar-refractivity contribution is 5.93. The van der Waals surface area contributed by atoms with E-state index in [-0.39, 0.29) is 18.9 Å². The maximum Gasteiger partial charge on any atom is 0.420 e. The van der Waals surface area contributed by atoms with Crippen molar-refractivity contribution >= 4 is 18.2 Å². The lowest BCUT2D eigenvalue weighted by Gasteiger charge is -2.29. The second-order valence-electron chi connectivity index (χ2n) is 9.27. The summed E-state index contributed by atoms with van der Waals surface area (Å²) in [6.45, 7) is 5.18. The molecule has 1 atom stereocenters. The smallest absolute Gasteiger partial charge is 0.420 e. The molecule has 181 valence electrons. The van der Waals surface area contributed by atoms with Crippen LogP contribution in [0.5, 0.6) is 0 Å². The average molecular weight is 468 g/mol. The molecular formula is C26H31N2O6. The van der Waals surface area contributed by atoms with Crippen LogP contribution in [0, 0.1) is 0 Å². The van der Waals surface area contributed by atoms with Crippen molar-refractivity contribution < 1.29 is 29.0 Å². The summed E-state index contributed by atoms with van der Waals surface area (Å²) < 4.78 is 10.9. The van der Waals surface area contributed by atoms with Gasteiger partial charge in [-0.05, 0) is 68.8 Å². The van der Waals surface area contributed by atoms with Crippen molar-refractivity contribution in [3.05, 3.63) is 59.7 Å². The fraction of sp³-hybridized carbons (Fsp3) is 0.423. The number of nitrogens with two attached hydrogens (primary N) is 1. The van der Waals surface area contributed by atoms with Crippen molar-refractivity contribution in [1.82, 2.24) is 4.90 Å². The van der Waals surface area contributed by atoms with Gasteiger partial charge in [-0.1, -0.05) is 48.5 Å². The highest BCUT2D eigenvalue weighted by atomic mass is 16.6. The molecule has 0 spiro atoms. The number of unbranched alkanes of at least 4 members (excludes halogenated alkanes) is 1. The van der Waals surface area contributed by atoms with Crippen molar-refractivity contribution in [2.24, 2.45) is 5.73 Å². The highest BCUT2D eigenvalue weighted by Gasteiger charge is 2.40. The van der Waals surface area contributed by atoms with Crippen molar-refractivity contribution in [2.45, 2.75) is 57.6 Å². The number of benzene rings is 2. The molecule has 0 saturated heterocycles. The van der Waals surface area contributed by atoms with Crippen LogP contribution in [0.15, 0.2) is 48.5 Å². The Labute approximate surface area is 199 Å². The summed E-state index contributed by atoms with van der Waals surface area (Å²) in [5, 5.41) is 11.9. The lowest BCUT2D eigenvalue weighted by atomic mass is 9.98. The van der Waals surface area contributed by atoms with Crippen molar-refractivity contribution in [3.63, 3.8) is 0 Å².